The van der Waals surface area contributed by atoms with Gasteiger partial charge in [-0.3, -0.25) is 4.55 Å². The molecule has 5 aromatic rings. The van der Waals surface area contributed by atoms with Crippen LogP contribution in [0.15, 0.2) is 133 Å². The minimum atomic E-state index is -4.61. The molecule has 18 heteroatoms. The van der Waals surface area contributed by atoms with Crippen LogP contribution in [0.5, 0.6) is 23.0 Å². The Morgan fingerprint density at radius 3 is 1.63 bits per heavy atom. The maximum Gasteiger partial charge on any atom is 2.00 e. The molecule has 1 radical (unpaired) electrons. The number of hydrogen-bond acceptors (Lipinski definition) is 13. The van der Waals surface area contributed by atoms with Gasteiger partial charge in [0, 0.05) is 0 Å². The van der Waals surface area contributed by atoms with Gasteiger partial charge in [0.05, 0.1) is 44.6 Å². The van der Waals surface area contributed by atoms with Crippen molar-refractivity contribution in [3.63, 3.8) is 0 Å². The fourth-order valence-electron chi connectivity index (χ4n) is 3.97. The standard InChI is InChI=1S/C31H22N6O9S.Cu.Na/c38-26-12-9-21(15-23(26)31(42)43)34-32-19-5-1-17(2-6-19)18-3-7-20(8-4-18)33-37-29-28(40)14-11-24(30(29)41)35-36-25-16-22(47(44,45)46)10-13-27(25)39;;/h1-16,38-41H,(H,42,43)(H,44,45,46);;/q;+2;+1/p-4. The Hall–Kier alpha value is -5.00. The summed E-state index contributed by atoms with van der Waals surface area (Å²) in [5, 5.41) is 80.9. The van der Waals surface area contributed by atoms with E-state index in [1.165, 1.54) is 6.07 Å². The third-order valence-electron chi connectivity index (χ3n) is 6.38. The summed E-state index contributed by atoms with van der Waals surface area (Å²) in [6.07, 6.45) is 0. The molecule has 0 aromatic heterocycles. The number of aromatic carboxylic acids is 1. The van der Waals surface area contributed by atoms with Crippen LogP contribution in [0.4, 0.5) is 34.1 Å². The van der Waals surface area contributed by atoms with Crippen LogP contribution in [0, 0.1) is 0 Å². The van der Waals surface area contributed by atoms with Gasteiger partial charge in [-0.05, 0) is 65.7 Å². The van der Waals surface area contributed by atoms with E-state index in [9.17, 15) is 38.2 Å². The Morgan fingerprint density at radius 2 is 1.06 bits per heavy atom. The summed E-state index contributed by atoms with van der Waals surface area (Å²) < 4.78 is 31.9. The second kappa shape index (κ2) is 16.4. The summed E-state index contributed by atoms with van der Waals surface area (Å²) >= 11 is 0. The van der Waals surface area contributed by atoms with Crippen LogP contribution in [0.1, 0.15) is 10.4 Å². The minimum absolute atomic E-state index is 0. The van der Waals surface area contributed by atoms with E-state index in [0.29, 0.717) is 11.4 Å². The van der Waals surface area contributed by atoms with E-state index in [-0.39, 0.29) is 58.0 Å². The second-order valence-corrected chi connectivity index (χ2v) is 11.0. The van der Waals surface area contributed by atoms with Crippen LogP contribution >= 0.6 is 0 Å². The van der Waals surface area contributed by atoms with Crippen LogP contribution in [0.25, 0.3) is 11.1 Å². The van der Waals surface area contributed by atoms with Gasteiger partial charge in [-0.1, -0.05) is 65.5 Å². The first-order valence-corrected chi connectivity index (χ1v) is 14.6. The van der Waals surface area contributed by atoms with Gasteiger partial charge in [-0.15, -0.1) is 0 Å². The van der Waals surface area contributed by atoms with E-state index in [1.807, 2.05) is 0 Å². The molecular weight excluding hydrogens is 719 g/mol. The smallest absolute Gasteiger partial charge is 0.872 e. The molecule has 0 bridgehead atoms. The molecular formula is C31H18CuN6NaO9S-. The first-order valence-electron chi connectivity index (χ1n) is 13.2. The molecule has 5 rings (SSSR count). The summed E-state index contributed by atoms with van der Waals surface area (Å²) in [5.41, 5.74) is 0.808. The van der Waals surface area contributed by atoms with Gasteiger partial charge >= 0.3 is 52.6 Å². The molecule has 0 heterocycles. The SMILES string of the molecule is O=C(O)c1cc(N=Nc2ccc(-c3ccc(N=Nc4c([O-])ccc(N=Nc5cc(S(=O)(=O)O)ccc5[O-])c4[O-])cc3)cc2)ccc1[O-].[Cu+2].[Na+]. The predicted molar refractivity (Wildman–Crippen MR) is 158 cm³/mol. The van der Waals surface area contributed by atoms with Crippen molar-refractivity contribution in [3.05, 3.63) is 103 Å². The van der Waals surface area contributed by atoms with E-state index in [2.05, 4.69) is 30.7 Å². The zero-order valence-electron chi connectivity index (χ0n) is 24.9. The van der Waals surface area contributed by atoms with Crippen molar-refractivity contribution in [1.29, 1.82) is 0 Å². The number of carbonyl (C=O) groups is 1. The number of rotatable bonds is 9. The van der Waals surface area contributed by atoms with E-state index in [1.54, 1.807) is 48.5 Å². The van der Waals surface area contributed by atoms with Crippen molar-refractivity contribution in [3.8, 4) is 34.1 Å². The second-order valence-electron chi connectivity index (χ2n) is 9.54. The summed E-state index contributed by atoms with van der Waals surface area (Å²) in [5.74, 6) is -4.37. The third kappa shape index (κ3) is 9.55. The van der Waals surface area contributed by atoms with Crippen LogP contribution in [-0.4, -0.2) is 24.0 Å². The zero-order chi connectivity index (χ0) is 33.7. The van der Waals surface area contributed by atoms with Crippen LogP contribution in [-0.2, 0) is 27.2 Å². The number of benzene rings is 5. The summed E-state index contributed by atoms with van der Waals surface area (Å²) in [7, 11) is -4.61. The van der Waals surface area contributed by atoms with E-state index in [0.717, 1.165) is 53.6 Å². The molecule has 0 unspecified atom stereocenters. The average molecular weight is 737 g/mol. The van der Waals surface area contributed by atoms with Gasteiger partial charge in [0.2, 0.25) is 0 Å². The molecule has 0 saturated carbocycles. The molecule has 0 aliphatic carbocycles. The van der Waals surface area contributed by atoms with Gasteiger partial charge in [-0.25, -0.2) is 4.79 Å². The molecule has 0 aliphatic rings. The van der Waals surface area contributed by atoms with Gasteiger partial charge in [0.15, 0.2) is 0 Å². The van der Waals surface area contributed by atoms with Gasteiger partial charge in [-0.2, -0.15) is 39.1 Å². The molecule has 0 fully saturated rings. The fourth-order valence-corrected chi connectivity index (χ4v) is 4.47. The van der Waals surface area contributed by atoms with Gasteiger partial charge in [0.1, 0.15) is 0 Å². The number of nitrogens with zero attached hydrogens (tertiary/aromatic N) is 6. The van der Waals surface area contributed by atoms with Crippen molar-refractivity contribution in [1.82, 2.24) is 0 Å². The number of azo groups is 3. The molecule has 0 spiro atoms. The first-order chi connectivity index (χ1) is 22.4. The molecule has 0 atom stereocenters. The third-order valence-corrected chi connectivity index (χ3v) is 7.22. The Morgan fingerprint density at radius 1 is 0.571 bits per heavy atom. The van der Waals surface area contributed by atoms with Gasteiger partial charge in [0.25, 0.3) is 10.1 Å². The number of carboxylic acid groups (broad SMARTS) is 1. The van der Waals surface area contributed by atoms with Gasteiger partial charge < -0.3 is 25.5 Å². The molecule has 0 aliphatic heterocycles. The van der Waals surface area contributed by atoms with Crippen molar-refractivity contribution >= 4 is 50.2 Å². The van der Waals surface area contributed by atoms with E-state index < -0.39 is 60.9 Å². The quantitative estimate of drug-likeness (QED) is 0.128. The number of hydrogen-bond donors (Lipinski definition) is 2. The molecule has 2 N–H and O–H groups in total. The molecule has 5 aromatic carbocycles. The Labute approximate surface area is 310 Å². The van der Waals surface area contributed by atoms with Crippen molar-refractivity contribution in [2.24, 2.45) is 30.7 Å². The molecule has 0 amide bonds. The first kappa shape index (κ1) is 38.4. The van der Waals surface area contributed by atoms with Crippen molar-refractivity contribution < 1.29 is 89.9 Å². The summed E-state index contributed by atoms with van der Waals surface area (Å²) in [4.78, 5) is 10.6. The van der Waals surface area contributed by atoms with Crippen LogP contribution in [0.3, 0.4) is 0 Å². The molecule has 49 heavy (non-hydrogen) atoms. The minimum Gasteiger partial charge on any atom is -0.872 e. The van der Waals surface area contributed by atoms with Crippen molar-refractivity contribution in [2.45, 2.75) is 4.90 Å². The maximum atomic E-state index is 12.8. The van der Waals surface area contributed by atoms with E-state index >= 15 is 0 Å². The molecule has 0 saturated heterocycles. The Bertz CT molecular complexity index is 2200. The fraction of sp³-hybridized carbons (Fsp3) is 0. The van der Waals surface area contributed by atoms with Crippen molar-refractivity contribution in [2.75, 3.05) is 0 Å². The van der Waals surface area contributed by atoms with E-state index in [4.69, 9.17) is 5.11 Å². The average Bonchev–Trinajstić information content (AvgIpc) is 3.04. The maximum absolute atomic E-state index is 12.8. The monoisotopic (exact) mass is 736 g/mol. The largest absolute Gasteiger partial charge is 2.00 e. The number of carboxylic acids is 1. The normalized spacial score (nSPS) is 11.4. The molecule has 245 valence electrons. The topological polar surface area (TPSA) is 258 Å². The summed E-state index contributed by atoms with van der Waals surface area (Å²) in [6.45, 7) is 0. The zero-order valence-corrected chi connectivity index (χ0v) is 28.6. The Kier molecular flexibility index (Phi) is 12.9. The molecule has 15 nitrogen and oxygen atoms in total. The van der Waals surface area contributed by atoms with Crippen LogP contribution in [0.2, 0.25) is 0 Å². The summed E-state index contributed by atoms with van der Waals surface area (Å²) in [6, 6.07) is 21.8. The van der Waals surface area contributed by atoms with Crippen LogP contribution < -0.4 is 50.0 Å². The Balaban J connectivity index is 0.00000325. The predicted octanol–water partition coefficient (Wildman–Crippen LogP) is 2.84.